The van der Waals surface area contributed by atoms with E-state index in [1.165, 1.54) is 13.2 Å². The van der Waals surface area contributed by atoms with Gasteiger partial charge in [0.15, 0.2) is 4.88 Å². The van der Waals surface area contributed by atoms with E-state index in [-0.39, 0.29) is 0 Å². The molecule has 6 heteroatoms. The molecule has 0 aliphatic heterocycles. The van der Waals surface area contributed by atoms with Gasteiger partial charge < -0.3 is 17.6 Å². The Morgan fingerprint density at radius 3 is 3.00 bits per heavy atom. The number of nitrogens with zero attached hydrogens (tertiary/aromatic N) is 1. The van der Waals surface area contributed by atoms with Crippen molar-refractivity contribution in [1.29, 1.82) is 0 Å². The highest BCUT2D eigenvalue weighted by Gasteiger charge is 2.18. The Morgan fingerprint density at radius 1 is 1.77 bits per heavy atom. The molecule has 0 saturated heterocycles. The first-order valence-corrected chi connectivity index (χ1v) is 4.46. The fourth-order valence-electron chi connectivity index (χ4n) is 0.757. The molecule has 68 valence electrons. The SMILES string of the molecule is COC(=O)c1sccc1[N+]([S-])=C=O. The van der Waals surface area contributed by atoms with Crippen LogP contribution < -0.4 is 0 Å². The van der Waals surface area contributed by atoms with Gasteiger partial charge in [-0.25, -0.2) is 8.78 Å². The first-order valence-electron chi connectivity index (χ1n) is 3.21. The Labute approximate surface area is 84.0 Å². The second-order valence-corrected chi connectivity index (χ2v) is 3.29. The molecule has 0 aliphatic rings. The number of esters is 1. The van der Waals surface area contributed by atoms with E-state index in [9.17, 15) is 9.59 Å². The predicted octanol–water partition coefficient (Wildman–Crippen LogP) is 0.976. The van der Waals surface area contributed by atoms with Crippen LogP contribution in [0.15, 0.2) is 11.4 Å². The number of hydrogen-bond acceptors (Lipinski definition) is 5. The minimum absolute atomic E-state index is 0.306. The van der Waals surface area contributed by atoms with Crippen LogP contribution >= 0.6 is 11.3 Å². The van der Waals surface area contributed by atoms with Gasteiger partial charge in [0.05, 0.1) is 7.11 Å². The number of carbonyl (C=O) groups is 1. The van der Waals surface area contributed by atoms with E-state index in [1.54, 1.807) is 11.4 Å². The van der Waals surface area contributed by atoms with Gasteiger partial charge in [-0.05, 0) is 5.38 Å². The predicted molar refractivity (Wildman–Crippen MR) is 48.6 cm³/mol. The molecule has 0 bridgehead atoms. The minimum atomic E-state index is -0.505. The lowest BCUT2D eigenvalue weighted by Gasteiger charge is -1.98. The summed E-state index contributed by atoms with van der Waals surface area (Å²) in [6.07, 6.45) is 1.48. The Morgan fingerprint density at radius 2 is 2.46 bits per heavy atom. The lowest BCUT2D eigenvalue weighted by atomic mass is 10.4. The zero-order valence-corrected chi connectivity index (χ0v) is 8.28. The van der Waals surface area contributed by atoms with E-state index >= 15 is 0 Å². The van der Waals surface area contributed by atoms with Crippen molar-refractivity contribution >= 4 is 41.9 Å². The van der Waals surface area contributed by atoms with Crippen molar-refractivity contribution < 1.29 is 18.3 Å². The molecular weight excluding hydrogens is 210 g/mol. The smallest absolute Gasteiger partial charge is 0.414 e. The van der Waals surface area contributed by atoms with Crippen molar-refractivity contribution in [2.45, 2.75) is 0 Å². The van der Waals surface area contributed by atoms with Gasteiger partial charge in [0.2, 0.25) is 5.69 Å². The second-order valence-electron chi connectivity index (χ2n) is 2.01. The molecule has 0 fully saturated rings. The molecule has 0 radical (unpaired) electrons. The molecule has 1 aromatic heterocycles. The van der Waals surface area contributed by atoms with E-state index in [0.29, 0.717) is 10.6 Å². The molecule has 0 unspecified atom stereocenters. The highest BCUT2D eigenvalue weighted by Crippen LogP contribution is 2.24. The molecule has 4 nitrogen and oxygen atoms in total. The second kappa shape index (κ2) is 4.13. The Hall–Kier alpha value is -1.23. The van der Waals surface area contributed by atoms with E-state index in [2.05, 4.69) is 17.6 Å². The van der Waals surface area contributed by atoms with E-state index in [4.69, 9.17) is 0 Å². The Kier molecular flexibility index (Phi) is 3.13. The molecule has 0 spiro atoms. The van der Waals surface area contributed by atoms with Crippen molar-refractivity contribution in [3.8, 4) is 0 Å². The fourth-order valence-corrected chi connectivity index (χ4v) is 1.76. The third-order valence-corrected chi connectivity index (χ3v) is 2.47. The maximum absolute atomic E-state index is 11.1. The molecule has 0 saturated carbocycles. The topological polar surface area (TPSA) is 46.4 Å². The molecular formula is C7H5NO3S2. The van der Waals surface area contributed by atoms with Gasteiger partial charge >= 0.3 is 12.0 Å². The summed E-state index contributed by atoms with van der Waals surface area (Å²) in [5.41, 5.74) is 0.335. The highest BCUT2D eigenvalue weighted by molar-refractivity contribution is 7.51. The van der Waals surface area contributed by atoms with Gasteiger partial charge in [-0.3, -0.25) is 0 Å². The monoisotopic (exact) mass is 215 g/mol. The van der Waals surface area contributed by atoms with E-state index in [0.717, 1.165) is 15.3 Å². The van der Waals surface area contributed by atoms with Crippen LogP contribution in [0.2, 0.25) is 0 Å². The molecule has 0 aromatic carbocycles. The van der Waals surface area contributed by atoms with E-state index < -0.39 is 5.97 Å². The van der Waals surface area contributed by atoms with Gasteiger partial charge in [0.25, 0.3) is 0 Å². The molecule has 1 aromatic rings. The van der Waals surface area contributed by atoms with E-state index in [1.807, 2.05) is 0 Å². The zero-order chi connectivity index (χ0) is 9.84. The number of thiophene rings is 1. The zero-order valence-electron chi connectivity index (χ0n) is 6.64. The van der Waals surface area contributed by atoms with Crippen molar-refractivity contribution in [2.75, 3.05) is 7.11 Å². The summed E-state index contributed by atoms with van der Waals surface area (Å²) >= 11 is 5.79. The first kappa shape index (κ1) is 9.85. The summed E-state index contributed by atoms with van der Waals surface area (Å²) in [6, 6.07) is 1.56. The van der Waals surface area contributed by atoms with Gasteiger partial charge in [-0.15, -0.1) is 11.3 Å². The minimum Gasteiger partial charge on any atom is -0.465 e. The Balaban J connectivity index is 3.17. The first-order chi connectivity index (χ1) is 6.20. The third kappa shape index (κ3) is 1.92. The summed E-state index contributed by atoms with van der Waals surface area (Å²) in [5, 5.41) is 1.65. The molecule has 0 atom stereocenters. The van der Waals surface area contributed by atoms with Gasteiger partial charge in [0.1, 0.15) is 0 Å². The van der Waals surface area contributed by atoms with Crippen molar-refractivity contribution in [1.82, 2.24) is 0 Å². The summed E-state index contributed by atoms with van der Waals surface area (Å²) in [5.74, 6) is -0.505. The number of isocyanates is 1. The highest BCUT2D eigenvalue weighted by atomic mass is 32.1. The maximum Gasteiger partial charge on any atom is 0.414 e. The van der Waals surface area contributed by atoms with Crippen molar-refractivity contribution in [2.24, 2.45) is 0 Å². The number of methoxy groups -OCH3 is 1. The van der Waals surface area contributed by atoms with Crippen LogP contribution in [0.1, 0.15) is 9.67 Å². The van der Waals surface area contributed by atoms with Crippen LogP contribution in [0.25, 0.3) is 0 Å². The lowest BCUT2D eigenvalue weighted by molar-refractivity contribution is -0.233. The van der Waals surface area contributed by atoms with Gasteiger partial charge in [-0.1, -0.05) is 0 Å². The maximum atomic E-state index is 11.1. The summed E-state index contributed by atoms with van der Waals surface area (Å²) in [7, 11) is 1.27. The van der Waals surface area contributed by atoms with Gasteiger partial charge in [-0.2, -0.15) is 4.79 Å². The summed E-state index contributed by atoms with van der Waals surface area (Å²) in [6.45, 7) is 0. The van der Waals surface area contributed by atoms with Crippen LogP contribution in [-0.4, -0.2) is 23.1 Å². The molecule has 0 aliphatic carbocycles. The Bertz CT molecular complexity index is 379. The standard InChI is InChI=1S/C7H5NO3S2/c1-11-7(10)6-5(2-3-13-6)8(12)4-9/h2-3H,1H3. The average Bonchev–Trinajstić information content (AvgIpc) is 2.63. The average molecular weight is 215 g/mol. The summed E-state index contributed by atoms with van der Waals surface area (Å²) < 4.78 is 5.29. The van der Waals surface area contributed by atoms with Crippen molar-refractivity contribution in [3.05, 3.63) is 16.3 Å². The number of rotatable bonds is 2. The largest absolute Gasteiger partial charge is 0.465 e. The quantitative estimate of drug-likeness (QED) is 0.242. The van der Waals surface area contributed by atoms with Crippen LogP contribution in [-0.2, 0) is 22.3 Å². The molecule has 1 rings (SSSR count). The third-order valence-electron chi connectivity index (χ3n) is 1.32. The van der Waals surface area contributed by atoms with Crippen LogP contribution in [0.4, 0.5) is 5.69 Å². The van der Waals surface area contributed by atoms with Crippen LogP contribution in [0.5, 0.6) is 0 Å². The lowest BCUT2D eigenvalue weighted by Crippen LogP contribution is -2.02. The molecule has 0 amide bonds. The van der Waals surface area contributed by atoms with Crippen molar-refractivity contribution in [3.63, 3.8) is 0 Å². The number of ether oxygens (including phenoxy) is 1. The fraction of sp³-hybridized carbons (Fsp3) is 0.143. The van der Waals surface area contributed by atoms with Gasteiger partial charge in [0, 0.05) is 6.07 Å². The summed E-state index contributed by atoms with van der Waals surface area (Å²) in [4.78, 5) is 21.6. The molecule has 13 heavy (non-hydrogen) atoms. The van der Waals surface area contributed by atoms with Crippen LogP contribution in [0.3, 0.4) is 0 Å². The molecule has 0 N–H and O–H groups in total. The molecule has 1 heterocycles. The number of carbonyl (C=O) groups excluding carboxylic acids is 2. The van der Waals surface area contributed by atoms with Crippen LogP contribution in [0, 0.1) is 0 Å². The normalized spacial score (nSPS) is 9.00. The number of hydrogen-bond donors (Lipinski definition) is 0.